The highest BCUT2D eigenvalue weighted by Gasteiger charge is 2.17. The van der Waals surface area contributed by atoms with E-state index in [2.05, 4.69) is 35.2 Å². The number of fused-ring (bicyclic) bond motifs is 1. The largest absolute Gasteiger partial charge is 0.319 e. The molecule has 3 rings (SSSR count). The summed E-state index contributed by atoms with van der Waals surface area (Å²) >= 11 is 0. The molecule has 1 aromatic carbocycles. The van der Waals surface area contributed by atoms with Gasteiger partial charge in [-0.3, -0.25) is 9.67 Å². The molecular weight excluding hydrogens is 248 g/mol. The first-order valence-electron chi connectivity index (χ1n) is 6.82. The van der Waals surface area contributed by atoms with Crippen LogP contribution >= 0.6 is 0 Å². The molecule has 4 nitrogen and oxygen atoms in total. The van der Waals surface area contributed by atoms with Crippen molar-refractivity contribution in [1.82, 2.24) is 14.8 Å². The number of aryl methyl sites for hydroxylation is 2. The van der Waals surface area contributed by atoms with Crippen LogP contribution < -0.4 is 5.73 Å². The van der Waals surface area contributed by atoms with Gasteiger partial charge in [-0.1, -0.05) is 31.2 Å². The van der Waals surface area contributed by atoms with E-state index in [1.807, 2.05) is 29.9 Å². The van der Waals surface area contributed by atoms with Crippen LogP contribution in [0.25, 0.3) is 10.9 Å². The Bertz CT molecular complexity index is 740. The van der Waals surface area contributed by atoms with Crippen molar-refractivity contribution in [1.29, 1.82) is 0 Å². The lowest BCUT2D eigenvalue weighted by Gasteiger charge is -2.14. The van der Waals surface area contributed by atoms with Crippen molar-refractivity contribution >= 4 is 10.9 Å². The minimum absolute atomic E-state index is 0.216. The fraction of sp³-hybridized carbons (Fsp3) is 0.250. The second-order valence-electron chi connectivity index (χ2n) is 4.94. The topological polar surface area (TPSA) is 56.7 Å². The number of rotatable bonds is 3. The lowest BCUT2D eigenvalue weighted by atomic mass is 10.0. The van der Waals surface area contributed by atoms with Crippen molar-refractivity contribution in [3.63, 3.8) is 0 Å². The molecule has 0 aliphatic carbocycles. The molecule has 0 bridgehead atoms. The second-order valence-corrected chi connectivity index (χ2v) is 4.94. The molecule has 0 fully saturated rings. The molecule has 0 amide bonds. The van der Waals surface area contributed by atoms with Crippen LogP contribution in [-0.4, -0.2) is 14.8 Å². The zero-order chi connectivity index (χ0) is 14.1. The van der Waals surface area contributed by atoms with Crippen LogP contribution in [0.5, 0.6) is 0 Å². The van der Waals surface area contributed by atoms with Gasteiger partial charge in [0.25, 0.3) is 0 Å². The summed E-state index contributed by atoms with van der Waals surface area (Å²) in [7, 11) is 1.94. The molecule has 102 valence electrons. The maximum atomic E-state index is 6.45. The van der Waals surface area contributed by atoms with Crippen LogP contribution in [0.2, 0.25) is 0 Å². The van der Waals surface area contributed by atoms with Crippen molar-refractivity contribution in [3.05, 3.63) is 59.5 Å². The molecule has 0 spiro atoms. The predicted molar refractivity (Wildman–Crippen MR) is 80.4 cm³/mol. The van der Waals surface area contributed by atoms with Gasteiger partial charge in [0.1, 0.15) is 0 Å². The highest BCUT2D eigenvalue weighted by molar-refractivity contribution is 5.82. The first-order chi connectivity index (χ1) is 9.70. The smallest absolute Gasteiger partial charge is 0.0753 e. The molecule has 0 radical (unpaired) electrons. The fourth-order valence-corrected chi connectivity index (χ4v) is 2.55. The monoisotopic (exact) mass is 266 g/mol. The number of hydrogen-bond donors (Lipinski definition) is 1. The molecular formula is C16H18N4. The molecule has 2 heterocycles. The van der Waals surface area contributed by atoms with Gasteiger partial charge in [-0.2, -0.15) is 5.10 Å². The van der Waals surface area contributed by atoms with Gasteiger partial charge in [0.05, 0.1) is 22.9 Å². The van der Waals surface area contributed by atoms with E-state index in [1.54, 1.807) is 6.20 Å². The Morgan fingerprint density at radius 2 is 2.05 bits per heavy atom. The molecule has 2 aromatic heterocycles. The van der Waals surface area contributed by atoms with Crippen LogP contribution in [0.4, 0.5) is 0 Å². The third-order valence-corrected chi connectivity index (χ3v) is 3.65. The highest BCUT2D eigenvalue weighted by Crippen LogP contribution is 2.26. The Labute approximate surface area is 118 Å². The van der Waals surface area contributed by atoms with Crippen LogP contribution in [0.15, 0.2) is 42.6 Å². The molecule has 0 aliphatic heterocycles. The molecule has 1 atom stereocenters. The first-order valence-corrected chi connectivity index (χ1v) is 6.82. The molecule has 0 saturated carbocycles. The van der Waals surface area contributed by atoms with E-state index in [4.69, 9.17) is 5.73 Å². The summed E-state index contributed by atoms with van der Waals surface area (Å²) in [5.41, 5.74) is 10.5. The average Bonchev–Trinajstić information content (AvgIpc) is 2.87. The number of hydrogen-bond acceptors (Lipinski definition) is 3. The summed E-state index contributed by atoms with van der Waals surface area (Å²) in [4.78, 5) is 4.47. The molecule has 1 unspecified atom stereocenters. The SMILES string of the molecule is CCc1cc(C(N)c2cccc3cccnc23)n(C)n1. The van der Waals surface area contributed by atoms with Gasteiger partial charge in [-0.15, -0.1) is 0 Å². The Morgan fingerprint density at radius 1 is 1.25 bits per heavy atom. The summed E-state index contributed by atoms with van der Waals surface area (Å²) < 4.78 is 1.87. The molecule has 2 N–H and O–H groups in total. The summed E-state index contributed by atoms with van der Waals surface area (Å²) in [6.45, 7) is 2.09. The van der Waals surface area contributed by atoms with Crippen molar-refractivity contribution in [3.8, 4) is 0 Å². The molecule has 4 heteroatoms. The van der Waals surface area contributed by atoms with Crippen LogP contribution in [0, 0.1) is 0 Å². The van der Waals surface area contributed by atoms with E-state index in [0.29, 0.717) is 0 Å². The number of benzene rings is 1. The van der Waals surface area contributed by atoms with Crippen molar-refractivity contribution in [2.24, 2.45) is 12.8 Å². The van der Waals surface area contributed by atoms with E-state index in [0.717, 1.165) is 34.3 Å². The minimum Gasteiger partial charge on any atom is -0.319 e. The zero-order valence-corrected chi connectivity index (χ0v) is 11.7. The normalized spacial score (nSPS) is 12.8. The maximum Gasteiger partial charge on any atom is 0.0753 e. The Hall–Kier alpha value is -2.20. The summed E-state index contributed by atoms with van der Waals surface area (Å²) in [6, 6.07) is 12.0. The average molecular weight is 266 g/mol. The van der Waals surface area contributed by atoms with Gasteiger partial charge in [-0.05, 0) is 18.6 Å². The van der Waals surface area contributed by atoms with Crippen molar-refractivity contribution < 1.29 is 0 Å². The van der Waals surface area contributed by atoms with Crippen LogP contribution in [0.3, 0.4) is 0 Å². The number of nitrogens with two attached hydrogens (primary N) is 1. The van der Waals surface area contributed by atoms with Gasteiger partial charge in [0.2, 0.25) is 0 Å². The van der Waals surface area contributed by atoms with Gasteiger partial charge >= 0.3 is 0 Å². The third-order valence-electron chi connectivity index (χ3n) is 3.65. The minimum atomic E-state index is -0.216. The van der Waals surface area contributed by atoms with Gasteiger partial charge < -0.3 is 5.73 Å². The third kappa shape index (κ3) is 2.08. The Morgan fingerprint density at radius 3 is 2.80 bits per heavy atom. The maximum absolute atomic E-state index is 6.45. The zero-order valence-electron chi connectivity index (χ0n) is 11.7. The standard InChI is InChI=1S/C16H18N4/c1-3-12-10-14(20(2)19-12)15(17)13-8-4-6-11-7-5-9-18-16(11)13/h4-10,15H,3,17H2,1-2H3. The number of nitrogens with zero attached hydrogens (tertiary/aromatic N) is 3. The fourth-order valence-electron chi connectivity index (χ4n) is 2.55. The van der Waals surface area contributed by atoms with Crippen LogP contribution in [-0.2, 0) is 13.5 Å². The first kappa shape index (κ1) is 12.8. The van der Waals surface area contributed by atoms with E-state index in [-0.39, 0.29) is 6.04 Å². The molecule has 0 aliphatic rings. The number of aromatic nitrogens is 3. The van der Waals surface area contributed by atoms with E-state index >= 15 is 0 Å². The lowest BCUT2D eigenvalue weighted by Crippen LogP contribution is -2.16. The van der Waals surface area contributed by atoms with E-state index in [9.17, 15) is 0 Å². The van der Waals surface area contributed by atoms with Gasteiger partial charge in [-0.25, -0.2) is 0 Å². The Balaban J connectivity index is 2.12. The second kappa shape index (κ2) is 5.06. The summed E-state index contributed by atoms with van der Waals surface area (Å²) in [5.74, 6) is 0. The molecule has 20 heavy (non-hydrogen) atoms. The number of pyridine rings is 1. The van der Waals surface area contributed by atoms with Gasteiger partial charge in [0.15, 0.2) is 0 Å². The number of para-hydroxylation sites is 1. The van der Waals surface area contributed by atoms with Crippen molar-refractivity contribution in [2.45, 2.75) is 19.4 Å². The lowest BCUT2D eigenvalue weighted by molar-refractivity contribution is 0.667. The quantitative estimate of drug-likeness (QED) is 0.792. The molecule has 3 aromatic rings. The van der Waals surface area contributed by atoms with Crippen molar-refractivity contribution in [2.75, 3.05) is 0 Å². The summed E-state index contributed by atoms with van der Waals surface area (Å²) in [5, 5.41) is 5.58. The van der Waals surface area contributed by atoms with E-state index in [1.165, 1.54) is 0 Å². The van der Waals surface area contributed by atoms with E-state index < -0.39 is 0 Å². The molecule has 0 saturated heterocycles. The van der Waals surface area contributed by atoms with Crippen LogP contribution in [0.1, 0.15) is 29.9 Å². The highest BCUT2D eigenvalue weighted by atomic mass is 15.3. The predicted octanol–water partition coefficient (Wildman–Crippen LogP) is 2.58. The Kier molecular flexibility index (Phi) is 3.24. The summed E-state index contributed by atoms with van der Waals surface area (Å²) in [6.07, 6.45) is 2.72. The van der Waals surface area contributed by atoms with Gasteiger partial charge in [0, 0.05) is 24.2 Å².